The smallest absolute Gasteiger partial charge is 0.131 e. The zero-order valence-electron chi connectivity index (χ0n) is 21.7. The van der Waals surface area contributed by atoms with Crippen LogP contribution >= 0.6 is 0 Å². The zero-order chi connectivity index (χ0) is 24.0. The molecule has 0 heterocycles. The van der Waals surface area contributed by atoms with Gasteiger partial charge in [-0.2, -0.15) is 0 Å². The summed E-state index contributed by atoms with van der Waals surface area (Å²) in [6.45, 7) is 17.3. The van der Waals surface area contributed by atoms with Crippen LogP contribution in [0.1, 0.15) is 66.5 Å². The summed E-state index contributed by atoms with van der Waals surface area (Å²) in [6, 6.07) is 18.8. The second-order valence-corrected chi connectivity index (χ2v) is 9.66. The third-order valence-electron chi connectivity index (χ3n) is 5.60. The van der Waals surface area contributed by atoms with E-state index in [9.17, 15) is 0 Å². The van der Waals surface area contributed by atoms with E-state index in [1.165, 1.54) is 11.1 Å². The van der Waals surface area contributed by atoms with Crippen molar-refractivity contribution < 1.29 is 0 Å². The van der Waals surface area contributed by atoms with Crippen LogP contribution in [0.3, 0.4) is 0 Å². The molecule has 174 valence electrons. The van der Waals surface area contributed by atoms with Gasteiger partial charge in [-0.25, -0.2) is 0 Å². The Bertz CT molecular complexity index is 826. The van der Waals surface area contributed by atoms with E-state index in [0.717, 1.165) is 22.8 Å². The SMILES string of the molecule is CC(C)N=C(c1ccc(-c2ccc(C(=NC(C)C)N(C)C(C)C)cc2)cc1)N(C)C(C)C. The lowest BCUT2D eigenvalue weighted by Gasteiger charge is -2.27. The monoisotopic (exact) mass is 434 g/mol. The molecule has 2 rings (SSSR count). The predicted octanol–water partition coefficient (Wildman–Crippen LogP) is 6.34. The molecule has 0 amide bonds. The van der Waals surface area contributed by atoms with Gasteiger partial charge in [-0.1, -0.05) is 48.5 Å². The fraction of sp³-hybridized carbons (Fsp3) is 0.500. The molecular formula is C28H42N4. The highest BCUT2D eigenvalue weighted by Crippen LogP contribution is 2.22. The van der Waals surface area contributed by atoms with E-state index in [2.05, 4.69) is 128 Å². The standard InChI is InChI=1S/C28H42N4/c1-19(2)29-27(31(9)21(5)6)25-15-11-23(12-16-25)24-13-17-26(18-14-24)28(30-20(3)4)32(10)22(7)8/h11-22H,1-10H3. The third-order valence-corrected chi connectivity index (χ3v) is 5.60. The number of rotatable bonds is 7. The molecule has 0 spiro atoms. The van der Waals surface area contributed by atoms with Crippen molar-refractivity contribution in [3.05, 3.63) is 59.7 Å². The summed E-state index contributed by atoms with van der Waals surface area (Å²) in [5.74, 6) is 2.09. The van der Waals surface area contributed by atoms with Gasteiger partial charge in [0, 0.05) is 49.4 Å². The molecule has 0 aliphatic rings. The van der Waals surface area contributed by atoms with Crippen LogP contribution in [0.25, 0.3) is 11.1 Å². The lowest BCUT2D eigenvalue weighted by molar-refractivity contribution is 0.415. The van der Waals surface area contributed by atoms with Gasteiger partial charge in [-0.3, -0.25) is 9.98 Å². The van der Waals surface area contributed by atoms with Crippen LogP contribution in [0.4, 0.5) is 0 Å². The van der Waals surface area contributed by atoms with E-state index in [4.69, 9.17) is 9.98 Å². The van der Waals surface area contributed by atoms with E-state index in [1.807, 2.05) is 0 Å². The molecule has 0 fully saturated rings. The van der Waals surface area contributed by atoms with Crippen LogP contribution in [-0.2, 0) is 0 Å². The molecule has 4 nitrogen and oxygen atoms in total. The van der Waals surface area contributed by atoms with E-state index in [-0.39, 0.29) is 12.1 Å². The molecule has 0 saturated carbocycles. The first-order valence-electron chi connectivity index (χ1n) is 11.8. The van der Waals surface area contributed by atoms with E-state index in [0.29, 0.717) is 12.1 Å². The van der Waals surface area contributed by atoms with Crippen molar-refractivity contribution in [3.8, 4) is 11.1 Å². The Labute approximate surface area is 196 Å². The van der Waals surface area contributed by atoms with Gasteiger partial charge in [-0.15, -0.1) is 0 Å². The quantitative estimate of drug-likeness (QED) is 0.376. The van der Waals surface area contributed by atoms with Crippen molar-refractivity contribution in [1.29, 1.82) is 0 Å². The van der Waals surface area contributed by atoms with Crippen molar-refractivity contribution in [3.63, 3.8) is 0 Å². The fourth-order valence-electron chi connectivity index (χ4n) is 3.34. The van der Waals surface area contributed by atoms with Crippen molar-refractivity contribution in [2.24, 2.45) is 9.98 Å². The van der Waals surface area contributed by atoms with E-state index in [1.54, 1.807) is 0 Å². The molecule has 0 bridgehead atoms. The van der Waals surface area contributed by atoms with Gasteiger partial charge in [-0.05, 0) is 66.5 Å². The summed E-state index contributed by atoms with van der Waals surface area (Å²) in [4.78, 5) is 14.2. The lowest BCUT2D eigenvalue weighted by Crippen LogP contribution is -2.34. The molecule has 0 aromatic heterocycles. The molecular weight excluding hydrogens is 392 g/mol. The molecule has 0 aliphatic carbocycles. The van der Waals surface area contributed by atoms with Crippen LogP contribution in [-0.4, -0.2) is 59.7 Å². The Morgan fingerprint density at radius 2 is 0.812 bits per heavy atom. The van der Waals surface area contributed by atoms with Crippen LogP contribution < -0.4 is 0 Å². The third kappa shape index (κ3) is 6.69. The largest absolute Gasteiger partial charge is 0.357 e. The predicted molar refractivity (Wildman–Crippen MR) is 141 cm³/mol. The molecule has 0 radical (unpaired) electrons. The maximum Gasteiger partial charge on any atom is 0.131 e. The number of hydrogen-bond donors (Lipinski definition) is 0. The van der Waals surface area contributed by atoms with Crippen molar-refractivity contribution in [2.75, 3.05) is 14.1 Å². The first kappa shape index (κ1) is 25.6. The summed E-state index contributed by atoms with van der Waals surface area (Å²) in [6.07, 6.45) is 0. The molecule has 32 heavy (non-hydrogen) atoms. The Balaban J connectivity index is 2.34. The van der Waals surface area contributed by atoms with Gasteiger partial charge in [0.05, 0.1) is 0 Å². The topological polar surface area (TPSA) is 31.2 Å². The van der Waals surface area contributed by atoms with Gasteiger partial charge < -0.3 is 9.80 Å². The number of benzene rings is 2. The first-order chi connectivity index (χ1) is 15.0. The number of nitrogens with zero attached hydrogens (tertiary/aromatic N) is 4. The van der Waals surface area contributed by atoms with Crippen LogP contribution in [0.5, 0.6) is 0 Å². The minimum absolute atomic E-state index is 0.254. The van der Waals surface area contributed by atoms with Crippen LogP contribution in [0, 0.1) is 0 Å². The highest BCUT2D eigenvalue weighted by molar-refractivity contribution is 6.00. The second-order valence-electron chi connectivity index (χ2n) is 9.66. The summed E-state index contributed by atoms with van der Waals surface area (Å²) < 4.78 is 0. The van der Waals surface area contributed by atoms with Gasteiger partial charge in [0.15, 0.2) is 0 Å². The fourth-order valence-corrected chi connectivity index (χ4v) is 3.34. The molecule has 0 atom stereocenters. The molecule has 2 aromatic rings. The van der Waals surface area contributed by atoms with Crippen LogP contribution in [0.15, 0.2) is 58.5 Å². The van der Waals surface area contributed by atoms with Crippen molar-refractivity contribution in [1.82, 2.24) is 9.80 Å². The summed E-state index contributed by atoms with van der Waals surface area (Å²) in [5.41, 5.74) is 4.72. The van der Waals surface area contributed by atoms with Gasteiger partial charge in [0.1, 0.15) is 11.7 Å². The van der Waals surface area contributed by atoms with Crippen LogP contribution in [0.2, 0.25) is 0 Å². The first-order valence-corrected chi connectivity index (χ1v) is 11.8. The van der Waals surface area contributed by atoms with Crippen molar-refractivity contribution in [2.45, 2.75) is 79.6 Å². The Kier molecular flexibility index (Phi) is 9.06. The zero-order valence-corrected chi connectivity index (χ0v) is 21.7. The molecule has 0 aliphatic heterocycles. The minimum atomic E-state index is 0.254. The summed E-state index contributed by atoms with van der Waals surface area (Å²) >= 11 is 0. The molecule has 0 unspecified atom stereocenters. The van der Waals surface area contributed by atoms with E-state index < -0.39 is 0 Å². The molecule has 0 N–H and O–H groups in total. The van der Waals surface area contributed by atoms with E-state index >= 15 is 0 Å². The summed E-state index contributed by atoms with van der Waals surface area (Å²) in [7, 11) is 4.23. The Hall–Kier alpha value is -2.62. The maximum atomic E-state index is 4.88. The molecule has 0 saturated heterocycles. The number of amidine groups is 2. The highest BCUT2D eigenvalue weighted by atomic mass is 15.2. The van der Waals surface area contributed by atoms with Gasteiger partial charge in [0.2, 0.25) is 0 Å². The number of hydrogen-bond acceptors (Lipinski definition) is 2. The maximum absolute atomic E-state index is 4.88. The normalized spacial score (nSPS) is 12.9. The minimum Gasteiger partial charge on any atom is -0.357 e. The van der Waals surface area contributed by atoms with Crippen molar-refractivity contribution >= 4 is 11.7 Å². The highest BCUT2D eigenvalue weighted by Gasteiger charge is 2.15. The van der Waals surface area contributed by atoms with Gasteiger partial charge >= 0.3 is 0 Å². The Morgan fingerprint density at radius 3 is 1.03 bits per heavy atom. The second kappa shape index (κ2) is 11.3. The average molecular weight is 435 g/mol. The lowest BCUT2D eigenvalue weighted by atomic mass is 10.0. The van der Waals surface area contributed by atoms with Gasteiger partial charge in [0.25, 0.3) is 0 Å². The molecule has 2 aromatic carbocycles. The Morgan fingerprint density at radius 1 is 0.531 bits per heavy atom. The molecule has 4 heteroatoms. The average Bonchev–Trinajstić information content (AvgIpc) is 2.74. The summed E-state index contributed by atoms with van der Waals surface area (Å²) in [5, 5.41) is 0. The number of aliphatic imine (C=N–C) groups is 2.